The summed E-state index contributed by atoms with van der Waals surface area (Å²) in [6.45, 7) is 0.00617. The molecule has 0 heterocycles. The molecule has 0 bridgehead atoms. The lowest BCUT2D eigenvalue weighted by Gasteiger charge is -2.11. The highest BCUT2D eigenvalue weighted by Crippen LogP contribution is 2.14. The minimum atomic E-state index is -0.326. The van der Waals surface area contributed by atoms with Crippen LogP contribution < -0.4 is 11.5 Å². The van der Waals surface area contributed by atoms with Gasteiger partial charge in [0.1, 0.15) is 0 Å². The lowest BCUT2D eigenvalue weighted by Crippen LogP contribution is -2.24. The van der Waals surface area contributed by atoms with Gasteiger partial charge in [-0.3, -0.25) is 9.59 Å². The number of aliphatic hydroxyl groups excluding tert-OH is 1. The number of unbranched alkanes of at least 4 members (excludes halogenated alkanes) is 4. The Morgan fingerprint density at radius 2 is 1.53 bits per heavy atom. The van der Waals surface area contributed by atoms with Gasteiger partial charge >= 0.3 is 0 Å². The van der Waals surface area contributed by atoms with Gasteiger partial charge < -0.3 is 16.6 Å². The summed E-state index contributed by atoms with van der Waals surface area (Å²) in [5, 5.41) is 8.76. The Kier molecular flexibility index (Phi) is 9.43. The highest BCUT2D eigenvalue weighted by atomic mass is 16.3. The molecule has 0 fully saturated rings. The van der Waals surface area contributed by atoms with Crippen LogP contribution >= 0.6 is 0 Å². The van der Waals surface area contributed by atoms with E-state index in [1.54, 1.807) is 0 Å². The number of nitrogens with two attached hydrogens (primary N) is 2. The van der Waals surface area contributed by atoms with E-state index in [0.29, 0.717) is 12.8 Å². The molecule has 0 aliphatic heterocycles. The van der Waals surface area contributed by atoms with Crippen LogP contribution in [-0.4, -0.2) is 23.5 Å². The standard InChI is InChI=1S/C12H24N2O3/c13-11(16)7-5-3-1-2-4-6-10(8-9-15)12(14)17/h10,15H,1-9H2,(H2,13,16)(H2,14,17). The van der Waals surface area contributed by atoms with E-state index in [9.17, 15) is 9.59 Å². The van der Waals surface area contributed by atoms with E-state index in [1.165, 1.54) is 0 Å². The summed E-state index contributed by atoms with van der Waals surface area (Å²) in [4.78, 5) is 21.5. The number of amides is 2. The third kappa shape index (κ3) is 9.81. The molecule has 0 spiro atoms. The van der Waals surface area contributed by atoms with Gasteiger partial charge in [0.15, 0.2) is 0 Å². The lowest BCUT2D eigenvalue weighted by molar-refractivity contribution is -0.122. The normalized spacial score (nSPS) is 12.3. The zero-order chi connectivity index (χ0) is 13.1. The molecular weight excluding hydrogens is 220 g/mol. The third-order valence-electron chi connectivity index (χ3n) is 2.86. The van der Waals surface area contributed by atoms with Crippen molar-refractivity contribution in [3.05, 3.63) is 0 Å². The van der Waals surface area contributed by atoms with Gasteiger partial charge in [-0.25, -0.2) is 0 Å². The van der Waals surface area contributed by atoms with Crippen LogP contribution in [0.1, 0.15) is 51.4 Å². The largest absolute Gasteiger partial charge is 0.396 e. The summed E-state index contributed by atoms with van der Waals surface area (Å²) in [5.74, 6) is -0.778. The van der Waals surface area contributed by atoms with Crippen molar-refractivity contribution in [1.82, 2.24) is 0 Å². The second-order valence-corrected chi connectivity index (χ2v) is 4.38. The number of aliphatic hydroxyl groups is 1. The first kappa shape index (κ1) is 15.9. The maximum Gasteiger partial charge on any atom is 0.220 e. The van der Waals surface area contributed by atoms with Crippen molar-refractivity contribution in [3.63, 3.8) is 0 Å². The van der Waals surface area contributed by atoms with Gasteiger partial charge in [0.25, 0.3) is 0 Å². The maximum atomic E-state index is 11.0. The van der Waals surface area contributed by atoms with Crippen LogP contribution in [0, 0.1) is 5.92 Å². The van der Waals surface area contributed by atoms with Crippen molar-refractivity contribution >= 4 is 11.8 Å². The SMILES string of the molecule is NC(=O)CCCCCCCC(CCO)C(N)=O. The van der Waals surface area contributed by atoms with Crippen molar-refractivity contribution in [3.8, 4) is 0 Å². The summed E-state index contributed by atoms with van der Waals surface area (Å²) in [7, 11) is 0. The Morgan fingerprint density at radius 1 is 0.941 bits per heavy atom. The average molecular weight is 244 g/mol. The van der Waals surface area contributed by atoms with Crippen molar-refractivity contribution in [2.24, 2.45) is 17.4 Å². The van der Waals surface area contributed by atoms with Crippen molar-refractivity contribution in [1.29, 1.82) is 0 Å². The molecule has 5 heteroatoms. The van der Waals surface area contributed by atoms with E-state index < -0.39 is 0 Å². The molecule has 0 aromatic carbocycles. The first-order valence-electron chi connectivity index (χ1n) is 6.26. The topological polar surface area (TPSA) is 106 Å². The van der Waals surface area contributed by atoms with Crippen molar-refractivity contribution < 1.29 is 14.7 Å². The highest BCUT2D eigenvalue weighted by molar-refractivity contribution is 5.76. The monoisotopic (exact) mass is 244 g/mol. The predicted octanol–water partition coefficient (Wildman–Crippen LogP) is 0.686. The van der Waals surface area contributed by atoms with Crippen LogP contribution in [0.4, 0.5) is 0 Å². The summed E-state index contributed by atoms with van der Waals surface area (Å²) in [6, 6.07) is 0. The fourth-order valence-electron chi connectivity index (χ4n) is 1.80. The second kappa shape index (κ2) is 10.1. The van der Waals surface area contributed by atoms with Gasteiger partial charge in [-0.2, -0.15) is 0 Å². The third-order valence-corrected chi connectivity index (χ3v) is 2.86. The van der Waals surface area contributed by atoms with Crippen LogP contribution in [0.5, 0.6) is 0 Å². The Bertz CT molecular complexity index is 232. The van der Waals surface area contributed by atoms with E-state index in [2.05, 4.69) is 0 Å². The second-order valence-electron chi connectivity index (χ2n) is 4.38. The van der Waals surface area contributed by atoms with Gasteiger partial charge in [-0.1, -0.05) is 25.7 Å². The fraction of sp³-hybridized carbons (Fsp3) is 0.833. The molecule has 17 heavy (non-hydrogen) atoms. The number of hydrogen-bond donors (Lipinski definition) is 3. The van der Waals surface area contributed by atoms with Gasteiger partial charge in [0.05, 0.1) is 0 Å². The zero-order valence-electron chi connectivity index (χ0n) is 10.4. The van der Waals surface area contributed by atoms with Crippen LogP contribution in [0.15, 0.2) is 0 Å². The first-order valence-corrected chi connectivity index (χ1v) is 6.26. The predicted molar refractivity (Wildman–Crippen MR) is 65.9 cm³/mol. The smallest absolute Gasteiger partial charge is 0.220 e. The molecule has 0 aliphatic carbocycles. The number of primary amides is 2. The zero-order valence-corrected chi connectivity index (χ0v) is 10.4. The summed E-state index contributed by atoms with van der Waals surface area (Å²) in [6.07, 6.45) is 6.47. The molecule has 5 nitrogen and oxygen atoms in total. The van der Waals surface area contributed by atoms with Crippen molar-refractivity contribution in [2.45, 2.75) is 51.4 Å². The summed E-state index contributed by atoms with van der Waals surface area (Å²) < 4.78 is 0. The molecule has 0 aromatic heterocycles. The summed E-state index contributed by atoms with van der Waals surface area (Å²) in [5.41, 5.74) is 10.2. The molecular formula is C12H24N2O3. The number of carbonyl (C=O) groups is 2. The van der Waals surface area contributed by atoms with E-state index in [0.717, 1.165) is 38.5 Å². The van der Waals surface area contributed by atoms with Gasteiger partial charge in [0, 0.05) is 18.9 Å². The van der Waals surface area contributed by atoms with E-state index in [-0.39, 0.29) is 24.3 Å². The molecule has 0 rings (SSSR count). The molecule has 0 aliphatic rings. The molecule has 100 valence electrons. The van der Waals surface area contributed by atoms with Crippen LogP contribution in [-0.2, 0) is 9.59 Å². The van der Waals surface area contributed by atoms with Gasteiger partial charge in [0.2, 0.25) is 11.8 Å². The Morgan fingerprint density at radius 3 is 2.06 bits per heavy atom. The number of hydrogen-bond acceptors (Lipinski definition) is 3. The molecule has 5 N–H and O–H groups in total. The first-order chi connectivity index (χ1) is 8.07. The van der Waals surface area contributed by atoms with E-state index in [1.807, 2.05) is 0 Å². The van der Waals surface area contributed by atoms with Crippen LogP contribution in [0.3, 0.4) is 0 Å². The summed E-state index contributed by atoms with van der Waals surface area (Å²) >= 11 is 0. The number of rotatable bonds is 11. The minimum absolute atomic E-state index is 0.00617. The Labute approximate surface area is 103 Å². The molecule has 0 aromatic rings. The van der Waals surface area contributed by atoms with Crippen LogP contribution in [0.25, 0.3) is 0 Å². The molecule has 1 unspecified atom stereocenters. The molecule has 1 atom stereocenters. The Hall–Kier alpha value is -1.10. The molecule has 0 saturated heterocycles. The van der Waals surface area contributed by atoms with E-state index in [4.69, 9.17) is 16.6 Å². The number of carbonyl (C=O) groups excluding carboxylic acids is 2. The van der Waals surface area contributed by atoms with Crippen molar-refractivity contribution in [2.75, 3.05) is 6.61 Å². The maximum absolute atomic E-state index is 11.0. The highest BCUT2D eigenvalue weighted by Gasteiger charge is 2.13. The van der Waals surface area contributed by atoms with Gasteiger partial charge in [-0.15, -0.1) is 0 Å². The lowest BCUT2D eigenvalue weighted by atomic mass is 9.97. The minimum Gasteiger partial charge on any atom is -0.396 e. The fourth-order valence-corrected chi connectivity index (χ4v) is 1.80. The van der Waals surface area contributed by atoms with Crippen LogP contribution in [0.2, 0.25) is 0 Å². The van der Waals surface area contributed by atoms with Gasteiger partial charge in [-0.05, 0) is 19.3 Å². The quantitative estimate of drug-likeness (QED) is 0.465. The molecule has 0 saturated carbocycles. The van der Waals surface area contributed by atoms with E-state index >= 15 is 0 Å². The molecule has 0 radical (unpaired) electrons. The molecule has 2 amide bonds. The average Bonchev–Trinajstić information content (AvgIpc) is 2.25. The Balaban J connectivity index is 3.42.